The molecule has 0 amide bonds. The maximum atomic E-state index is 14.9. The molecule has 1 aliphatic rings. The summed E-state index contributed by atoms with van der Waals surface area (Å²) < 4.78 is 29.7. The van der Waals surface area contributed by atoms with E-state index in [1.54, 1.807) is 6.07 Å². The van der Waals surface area contributed by atoms with Crippen molar-refractivity contribution in [1.82, 2.24) is 15.3 Å². The standard InChI is InChI=1S/C28H33F2N5/c1-6-7-18(10-11-31-5)19-8-9-25(32-15-19)35-26-14-21(24(30)16-33-26)20-12-22-27(23(29)13-20)34-17(2)28(22,3)4/h8-9,12-16,18,31H,6-7,10-11H2,1-5H3,(H,32,33,35). The number of benzene rings is 1. The van der Waals surface area contributed by atoms with E-state index in [1.165, 1.54) is 11.6 Å². The van der Waals surface area contributed by atoms with Gasteiger partial charge in [0.15, 0.2) is 0 Å². The molecule has 0 fully saturated rings. The van der Waals surface area contributed by atoms with Crippen molar-refractivity contribution in [2.75, 3.05) is 18.9 Å². The van der Waals surface area contributed by atoms with Crippen molar-refractivity contribution in [2.45, 2.75) is 58.3 Å². The molecule has 1 atom stereocenters. The molecule has 2 N–H and O–H groups in total. The van der Waals surface area contributed by atoms with E-state index < -0.39 is 17.0 Å². The van der Waals surface area contributed by atoms with Crippen LogP contribution in [0.15, 0.2) is 47.7 Å². The zero-order chi connectivity index (χ0) is 25.2. The Hall–Kier alpha value is -3.19. The number of aliphatic imine (C=N–C) groups is 1. The monoisotopic (exact) mass is 477 g/mol. The molecular formula is C28H33F2N5. The first-order valence-electron chi connectivity index (χ1n) is 12.2. The largest absolute Gasteiger partial charge is 0.325 e. The summed E-state index contributed by atoms with van der Waals surface area (Å²) >= 11 is 0. The van der Waals surface area contributed by atoms with Crippen LogP contribution in [0.25, 0.3) is 11.1 Å². The minimum Gasteiger partial charge on any atom is -0.325 e. The topological polar surface area (TPSA) is 62.2 Å². The van der Waals surface area contributed by atoms with Gasteiger partial charge in [0.25, 0.3) is 0 Å². The van der Waals surface area contributed by atoms with Gasteiger partial charge in [-0.05, 0) is 80.2 Å². The summed E-state index contributed by atoms with van der Waals surface area (Å²) in [7, 11) is 1.96. The van der Waals surface area contributed by atoms with E-state index in [0.717, 1.165) is 43.3 Å². The molecule has 1 aromatic carbocycles. The molecule has 3 aromatic rings. The Morgan fingerprint density at radius 2 is 1.74 bits per heavy atom. The van der Waals surface area contributed by atoms with Crippen LogP contribution in [0.1, 0.15) is 64.0 Å². The van der Waals surface area contributed by atoms with Crippen LogP contribution < -0.4 is 10.6 Å². The summed E-state index contributed by atoms with van der Waals surface area (Å²) in [6.07, 6.45) is 6.32. The molecule has 1 unspecified atom stereocenters. The molecule has 35 heavy (non-hydrogen) atoms. The number of rotatable bonds is 9. The van der Waals surface area contributed by atoms with Gasteiger partial charge in [0.1, 0.15) is 29.0 Å². The molecule has 0 radical (unpaired) electrons. The number of halogens is 2. The van der Waals surface area contributed by atoms with Gasteiger partial charge in [0.2, 0.25) is 0 Å². The van der Waals surface area contributed by atoms with Crippen molar-refractivity contribution in [3.63, 3.8) is 0 Å². The van der Waals surface area contributed by atoms with Gasteiger partial charge in [0.05, 0.1) is 6.20 Å². The second-order valence-electron chi connectivity index (χ2n) is 9.71. The van der Waals surface area contributed by atoms with Crippen LogP contribution in [0.4, 0.5) is 26.1 Å². The Balaban J connectivity index is 1.59. The summed E-state index contributed by atoms with van der Waals surface area (Å²) in [5.41, 5.74) is 3.45. The van der Waals surface area contributed by atoms with Crippen molar-refractivity contribution < 1.29 is 8.78 Å². The smallest absolute Gasteiger partial charge is 0.149 e. The Bertz CT molecular complexity index is 1230. The highest BCUT2D eigenvalue weighted by molar-refractivity contribution is 6.00. The number of hydrogen-bond donors (Lipinski definition) is 2. The Morgan fingerprint density at radius 3 is 2.43 bits per heavy atom. The number of aromatic nitrogens is 2. The Kier molecular flexibility index (Phi) is 7.26. The van der Waals surface area contributed by atoms with Crippen LogP contribution in [0.2, 0.25) is 0 Å². The normalized spacial score (nSPS) is 15.0. The average molecular weight is 478 g/mol. The van der Waals surface area contributed by atoms with E-state index in [9.17, 15) is 8.78 Å². The highest BCUT2D eigenvalue weighted by Gasteiger charge is 2.34. The van der Waals surface area contributed by atoms with E-state index >= 15 is 0 Å². The first-order chi connectivity index (χ1) is 16.7. The molecule has 7 heteroatoms. The molecule has 3 heterocycles. The van der Waals surface area contributed by atoms with Crippen LogP contribution in [-0.2, 0) is 5.41 Å². The molecule has 4 rings (SSSR count). The molecule has 5 nitrogen and oxygen atoms in total. The van der Waals surface area contributed by atoms with Gasteiger partial charge in [-0.2, -0.15) is 0 Å². The maximum Gasteiger partial charge on any atom is 0.149 e. The lowest BCUT2D eigenvalue weighted by Crippen LogP contribution is -2.22. The summed E-state index contributed by atoms with van der Waals surface area (Å²) in [6.45, 7) is 9.03. The lowest BCUT2D eigenvalue weighted by molar-refractivity contribution is 0.550. The van der Waals surface area contributed by atoms with Crippen LogP contribution in [0.3, 0.4) is 0 Å². The molecule has 0 saturated heterocycles. The third kappa shape index (κ3) is 5.10. The van der Waals surface area contributed by atoms with E-state index in [-0.39, 0.29) is 5.56 Å². The van der Waals surface area contributed by atoms with Crippen molar-refractivity contribution in [3.8, 4) is 11.1 Å². The van der Waals surface area contributed by atoms with Crippen molar-refractivity contribution in [1.29, 1.82) is 0 Å². The van der Waals surface area contributed by atoms with E-state index in [4.69, 9.17) is 0 Å². The molecule has 0 spiro atoms. The SMILES string of the molecule is CCCC(CCNC)c1ccc(Nc2cc(-c3cc(F)c4c(c3)C(C)(C)C(C)=N4)c(F)cn2)nc1. The van der Waals surface area contributed by atoms with Gasteiger partial charge in [0, 0.05) is 22.9 Å². The van der Waals surface area contributed by atoms with Crippen LogP contribution in [0, 0.1) is 11.6 Å². The van der Waals surface area contributed by atoms with Gasteiger partial charge in [-0.25, -0.2) is 18.7 Å². The number of fused-ring (bicyclic) bond motifs is 1. The van der Waals surface area contributed by atoms with E-state index in [2.05, 4.69) is 38.6 Å². The number of pyridine rings is 2. The first kappa shape index (κ1) is 24.9. The predicted octanol–water partition coefficient (Wildman–Crippen LogP) is 7.04. The fourth-order valence-electron chi connectivity index (χ4n) is 4.57. The molecule has 184 valence electrons. The Labute approximate surface area is 206 Å². The van der Waals surface area contributed by atoms with Crippen molar-refractivity contribution >= 4 is 23.0 Å². The van der Waals surface area contributed by atoms with Crippen LogP contribution in [0.5, 0.6) is 0 Å². The fraction of sp³-hybridized carbons (Fsp3) is 0.393. The second kappa shape index (κ2) is 10.2. The summed E-state index contributed by atoms with van der Waals surface area (Å²) in [6, 6.07) is 8.75. The van der Waals surface area contributed by atoms with E-state index in [0.29, 0.717) is 28.8 Å². The predicted molar refractivity (Wildman–Crippen MR) is 139 cm³/mol. The highest BCUT2D eigenvalue weighted by Crippen LogP contribution is 2.44. The highest BCUT2D eigenvalue weighted by atomic mass is 19.1. The lowest BCUT2D eigenvalue weighted by Gasteiger charge is -2.21. The average Bonchev–Trinajstić information content (AvgIpc) is 3.07. The number of hydrogen-bond acceptors (Lipinski definition) is 5. The second-order valence-corrected chi connectivity index (χ2v) is 9.71. The summed E-state index contributed by atoms with van der Waals surface area (Å²) in [5.74, 6) is 0.544. The minimum atomic E-state index is -0.515. The van der Waals surface area contributed by atoms with Gasteiger partial charge >= 0.3 is 0 Å². The molecule has 0 saturated carbocycles. The number of anilines is 2. The van der Waals surface area contributed by atoms with Crippen molar-refractivity contribution in [2.24, 2.45) is 4.99 Å². The summed E-state index contributed by atoms with van der Waals surface area (Å²) in [5, 5.41) is 6.37. The Morgan fingerprint density at radius 1 is 0.971 bits per heavy atom. The lowest BCUT2D eigenvalue weighted by atomic mass is 9.81. The summed E-state index contributed by atoms with van der Waals surface area (Å²) in [4.78, 5) is 13.1. The van der Waals surface area contributed by atoms with Gasteiger partial charge in [-0.15, -0.1) is 0 Å². The molecular weight excluding hydrogens is 444 g/mol. The maximum absolute atomic E-state index is 14.9. The zero-order valence-electron chi connectivity index (χ0n) is 21.0. The molecule has 0 aliphatic carbocycles. The first-order valence-corrected chi connectivity index (χ1v) is 12.2. The number of nitrogens with one attached hydrogen (secondary N) is 2. The quantitative estimate of drug-likeness (QED) is 0.347. The number of nitrogens with zero attached hydrogens (tertiary/aromatic N) is 3. The minimum absolute atomic E-state index is 0.274. The molecule has 0 bridgehead atoms. The zero-order valence-corrected chi connectivity index (χ0v) is 21.0. The van der Waals surface area contributed by atoms with Gasteiger partial charge in [-0.1, -0.05) is 33.3 Å². The van der Waals surface area contributed by atoms with Crippen LogP contribution in [-0.4, -0.2) is 29.3 Å². The third-order valence-electron chi connectivity index (χ3n) is 6.98. The van der Waals surface area contributed by atoms with Gasteiger partial charge in [-0.3, -0.25) is 4.99 Å². The van der Waals surface area contributed by atoms with Crippen LogP contribution >= 0.6 is 0 Å². The fourth-order valence-corrected chi connectivity index (χ4v) is 4.57. The van der Waals surface area contributed by atoms with Gasteiger partial charge < -0.3 is 10.6 Å². The van der Waals surface area contributed by atoms with Crippen molar-refractivity contribution in [3.05, 3.63) is 65.5 Å². The van der Waals surface area contributed by atoms with E-state index in [1.807, 2.05) is 46.1 Å². The molecule has 1 aliphatic heterocycles. The molecule has 2 aromatic heterocycles. The third-order valence-corrected chi connectivity index (χ3v) is 6.98.